The fourth-order valence-electron chi connectivity index (χ4n) is 1.10. The third-order valence-electron chi connectivity index (χ3n) is 1.65. The molecule has 0 unspecified atom stereocenters. The van der Waals surface area contributed by atoms with Crippen molar-refractivity contribution < 1.29 is 41.2 Å². The van der Waals surface area contributed by atoms with Crippen molar-refractivity contribution in [3.63, 3.8) is 0 Å². The molecule has 0 saturated carbocycles. The number of hydrogen-bond donors (Lipinski definition) is 1. The first kappa shape index (κ1) is 11.0. The van der Waals surface area contributed by atoms with Gasteiger partial charge in [0.2, 0.25) is 5.28 Å². The van der Waals surface area contributed by atoms with Crippen LogP contribution in [0.1, 0.15) is 20.7 Å². The van der Waals surface area contributed by atoms with Gasteiger partial charge >= 0.3 is 29.6 Å². The molecule has 0 aromatic rings. The average Bonchev–Trinajstić information content (AvgIpc) is 2.05. The summed E-state index contributed by atoms with van der Waals surface area (Å²) < 4.78 is 0. The minimum atomic E-state index is 0. The summed E-state index contributed by atoms with van der Waals surface area (Å²) >= 11 is 0. The van der Waals surface area contributed by atoms with Crippen LogP contribution in [0.4, 0.5) is 0 Å². The van der Waals surface area contributed by atoms with Crippen LogP contribution in [0, 0.1) is 5.21 Å². The molecule has 0 aliphatic carbocycles. The van der Waals surface area contributed by atoms with Crippen LogP contribution in [-0.2, 0) is 0 Å². The van der Waals surface area contributed by atoms with E-state index in [-0.39, 0.29) is 36.0 Å². The molecule has 0 spiro atoms. The zero-order chi connectivity index (χ0) is 7.40. The van der Waals surface area contributed by atoms with E-state index in [4.69, 9.17) is 5.21 Å². The summed E-state index contributed by atoms with van der Waals surface area (Å²) in [6.45, 7) is 1.40. The van der Waals surface area contributed by atoms with Crippen LogP contribution < -0.4 is 29.6 Å². The van der Waals surface area contributed by atoms with Gasteiger partial charge in [0.25, 0.3) is 0 Å². The second kappa shape index (κ2) is 5.62. The van der Waals surface area contributed by atoms with Gasteiger partial charge in [-0.15, -0.1) is 5.01 Å². The maximum absolute atomic E-state index is 10.6. The molecule has 0 atom stereocenters. The maximum Gasteiger partial charge on any atom is 1.00 e. The molecule has 1 fully saturated rings. The maximum atomic E-state index is 10.6. The Morgan fingerprint density at radius 1 is 1.36 bits per heavy atom. The SMILES string of the molecule is [H-].[Na+].[O-][N+](=NO)N1CCCCC1. The van der Waals surface area contributed by atoms with Gasteiger partial charge < -0.3 is 11.8 Å². The van der Waals surface area contributed by atoms with E-state index in [0.29, 0.717) is 13.1 Å². The molecule has 1 heterocycles. The van der Waals surface area contributed by atoms with E-state index >= 15 is 0 Å². The first-order valence-corrected chi connectivity index (χ1v) is 3.42. The van der Waals surface area contributed by atoms with Crippen LogP contribution in [0.25, 0.3) is 0 Å². The molecular weight excluding hydrogens is 157 g/mol. The molecule has 0 aromatic carbocycles. The topological polar surface area (TPSA) is 61.9 Å². The first-order chi connectivity index (χ1) is 4.84. The Balaban J connectivity index is 0. The van der Waals surface area contributed by atoms with Gasteiger partial charge in [0.15, 0.2) is 0 Å². The summed E-state index contributed by atoms with van der Waals surface area (Å²) in [4.78, 5) is 0.249. The number of hydrazine groups is 1. The van der Waals surface area contributed by atoms with E-state index in [1.165, 1.54) is 5.01 Å². The van der Waals surface area contributed by atoms with Crippen LogP contribution >= 0.6 is 0 Å². The second-order valence-corrected chi connectivity index (χ2v) is 2.36. The molecule has 5 nitrogen and oxygen atoms in total. The number of nitrogens with zero attached hydrogens (tertiary/aromatic N) is 3. The molecule has 1 rings (SSSR count). The zero-order valence-corrected chi connectivity index (χ0v) is 8.73. The first-order valence-electron chi connectivity index (χ1n) is 3.42. The third-order valence-corrected chi connectivity index (χ3v) is 1.65. The van der Waals surface area contributed by atoms with Crippen molar-refractivity contribution in [3.05, 3.63) is 5.21 Å². The zero-order valence-electron chi connectivity index (χ0n) is 7.73. The molecule has 0 aromatic heterocycles. The monoisotopic (exact) mass is 169 g/mol. The van der Waals surface area contributed by atoms with Crippen molar-refractivity contribution in [2.24, 2.45) is 5.28 Å². The van der Waals surface area contributed by atoms with E-state index in [2.05, 4.69) is 5.28 Å². The van der Waals surface area contributed by atoms with Gasteiger partial charge in [-0.3, -0.25) is 0 Å². The van der Waals surface area contributed by atoms with Gasteiger partial charge in [0, 0.05) is 0 Å². The predicted octanol–water partition coefficient (Wildman–Crippen LogP) is -2.14. The summed E-state index contributed by atoms with van der Waals surface area (Å²) in [7, 11) is 0. The fourth-order valence-corrected chi connectivity index (χ4v) is 1.10. The molecule has 1 aliphatic rings. The molecule has 11 heavy (non-hydrogen) atoms. The standard InChI is InChI=1S/C5H11N3O2.Na.H/c9-6-8(10)7-4-2-1-3-5-7;;/h9H,1-5H2;;/q;+1;-1. The summed E-state index contributed by atoms with van der Waals surface area (Å²) in [6, 6.07) is 0. The molecule has 0 radical (unpaired) electrons. The molecular formula is C5H12N3NaO2. The van der Waals surface area contributed by atoms with Gasteiger partial charge in [0.1, 0.15) is 0 Å². The predicted molar refractivity (Wildman–Crippen MR) is 34.4 cm³/mol. The largest absolute Gasteiger partial charge is 1.00 e. The second-order valence-electron chi connectivity index (χ2n) is 2.36. The average molecular weight is 169 g/mol. The Hall–Kier alpha value is 0.0000000000000000555. The van der Waals surface area contributed by atoms with Crippen LogP contribution in [0.5, 0.6) is 0 Å². The van der Waals surface area contributed by atoms with Gasteiger partial charge in [-0.25, -0.2) is 0 Å². The molecule has 6 heteroatoms. The molecule has 0 amide bonds. The van der Waals surface area contributed by atoms with Crippen LogP contribution in [0.2, 0.25) is 0 Å². The fraction of sp³-hybridized carbons (Fsp3) is 1.00. The summed E-state index contributed by atoms with van der Waals surface area (Å²) in [5, 5.41) is 22.7. The molecule has 0 bridgehead atoms. The van der Waals surface area contributed by atoms with E-state index in [1.54, 1.807) is 0 Å². The van der Waals surface area contributed by atoms with Crippen molar-refractivity contribution in [3.8, 4) is 0 Å². The van der Waals surface area contributed by atoms with Gasteiger partial charge in [-0.2, -0.15) is 0 Å². The van der Waals surface area contributed by atoms with Crippen molar-refractivity contribution in [2.75, 3.05) is 13.1 Å². The normalized spacial score (nSPS) is 19.3. The van der Waals surface area contributed by atoms with Gasteiger partial charge in [0.05, 0.1) is 18.1 Å². The minimum absolute atomic E-state index is 0. The van der Waals surface area contributed by atoms with E-state index < -0.39 is 0 Å². The molecule has 1 saturated heterocycles. The summed E-state index contributed by atoms with van der Waals surface area (Å²) in [6.07, 6.45) is 3.18. The van der Waals surface area contributed by atoms with Crippen LogP contribution in [0.3, 0.4) is 0 Å². The minimum Gasteiger partial charge on any atom is -1.00 e. The molecule has 60 valence electrons. The number of rotatable bonds is 1. The van der Waals surface area contributed by atoms with Gasteiger partial charge in [-0.1, -0.05) is 0 Å². The van der Waals surface area contributed by atoms with Crippen molar-refractivity contribution in [1.29, 1.82) is 0 Å². The van der Waals surface area contributed by atoms with Crippen LogP contribution in [-0.4, -0.2) is 28.3 Å². The smallest absolute Gasteiger partial charge is 1.00 e. The van der Waals surface area contributed by atoms with E-state index in [9.17, 15) is 5.21 Å². The third kappa shape index (κ3) is 3.27. The Bertz CT molecular complexity index is 141. The number of hydrogen-bond acceptors (Lipinski definition) is 2. The summed E-state index contributed by atoms with van der Waals surface area (Å²) in [5.41, 5.74) is 0. The summed E-state index contributed by atoms with van der Waals surface area (Å²) in [5.74, 6) is 0. The van der Waals surface area contributed by atoms with Crippen molar-refractivity contribution in [2.45, 2.75) is 19.3 Å². The van der Waals surface area contributed by atoms with Crippen molar-refractivity contribution in [1.82, 2.24) is 5.01 Å². The molecule has 1 N–H and O–H groups in total. The van der Waals surface area contributed by atoms with Crippen LogP contribution in [0.15, 0.2) is 5.28 Å². The Morgan fingerprint density at radius 2 is 1.91 bits per heavy atom. The van der Waals surface area contributed by atoms with E-state index in [1.807, 2.05) is 0 Å². The van der Waals surface area contributed by atoms with Gasteiger partial charge in [-0.05, 0) is 19.3 Å². The Labute approximate surface area is 89.0 Å². The Morgan fingerprint density at radius 3 is 2.36 bits per heavy atom. The number of piperidine rings is 1. The van der Waals surface area contributed by atoms with E-state index in [0.717, 1.165) is 19.3 Å². The Kier molecular flexibility index (Phi) is 5.62. The quantitative estimate of drug-likeness (QED) is 0.211. The molecule has 1 aliphatic heterocycles. The van der Waals surface area contributed by atoms with Crippen molar-refractivity contribution >= 4 is 0 Å².